The van der Waals surface area contributed by atoms with Crippen LogP contribution in [-0.4, -0.2) is 56.4 Å². The number of benzene rings is 1. The van der Waals surface area contributed by atoms with Crippen molar-refractivity contribution in [1.82, 2.24) is 10.2 Å². The van der Waals surface area contributed by atoms with Crippen molar-refractivity contribution < 1.29 is 14.3 Å². The van der Waals surface area contributed by atoms with Crippen LogP contribution < -0.4 is 15.4 Å². The lowest BCUT2D eigenvalue weighted by Crippen LogP contribution is -2.47. The Balaban J connectivity index is 1.37. The average molecular weight is 333 g/mol. The molecule has 0 spiro atoms. The SMILES string of the molecule is COc1ccc(NC(=O)NC2CCN(C[C@H]3CCCO3)CC2)cc1. The molecule has 0 saturated carbocycles. The van der Waals surface area contributed by atoms with E-state index in [-0.39, 0.29) is 12.1 Å². The summed E-state index contributed by atoms with van der Waals surface area (Å²) in [6.45, 7) is 3.99. The van der Waals surface area contributed by atoms with Crippen LogP contribution in [0.25, 0.3) is 0 Å². The number of hydrogen-bond donors (Lipinski definition) is 2. The molecule has 6 heteroatoms. The van der Waals surface area contributed by atoms with Crippen LogP contribution in [0.15, 0.2) is 24.3 Å². The molecule has 0 bridgehead atoms. The van der Waals surface area contributed by atoms with E-state index < -0.39 is 0 Å². The largest absolute Gasteiger partial charge is 0.497 e. The number of methoxy groups -OCH3 is 1. The first kappa shape index (κ1) is 17.0. The number of anilines is 1. The van der Waals surface area contributed by atoms with Gasteiger partial charge < -0.3 is 25.0 Å². The minimum absolute atomic E-state index is 0.141. The van der Waals surface area contributed by atoms with Gasteiger partial charge in [-0.1, -0.05) is 0 Å². The topological polar surface area (TPSA) is 62.8 Å². The lowest BCUT2D eigenvalue weighted by atomic mass is 10.0. The minimum Gasteiger partial charge on any atom is -0.497 e. The summed E-state index contributed by atoms with van der Waals surface area (Å²) >= 11 is 0. The van der Waals surface area contributed by atoms with Gasteiger partial charge in [0.1, 0.15) is 5.75 Å². The highest BCUT2D eigenvalue weighted by Gasteiger charge is 2.24. The second-order valence-corrected chi connectivity index (χ2v) is 6.54. The Bertz CT molecular complexity index is 521. The Labute approximate surface area is 143 Å². The third kappa shape index (κ3) is 4.85. The zero-order valence-electron chi connectivity index (χ0n) is 14.3. The molecule has 2 N–H and O–H groups in total. The molecule has 2 saturated heterocycles. The van der Waals surface area contributed by atoms with E-state index in [2.05, 4.69) is 15.5 Å². The van der Waals surface area contributed by atoms with Crippen molar-refractivity contribution in [3.63, 3.8) is 0 Å². The molecule has 2 fully saturated rings. The van der Waals surface area contributed by atoms with Crippen LogP contribution in [0.5, 0.6) is 5.75 Å². The first-order chi connectivity index (χ1) is 11.7. The molecule has 1 atom stereocenters. The van der Waals surface area contributed by atoms with E-state index in [1.807, 2.05) is 24.3 Å². The van der Waals surface area contributed by atoms with E-state index in [0.29, 0.717) is 6.10 Å². The van der Waals surface area contributed by atoms with Gasteiger partial charge in [-0.2, -0.15) is 0 Å². The van der Waals surface area contributed by atoms with Crippen molar-refractivity contribution in [2.75, 3.05) is 38.7 Å². The highest BCUT2D eigenvalue weighted by atomic mass is 16.5. The number of hydrogen-bond acceptors (Lipinski definition) is 4. The Morgan fingerprint density at radius 3 is 2.62 bits per heavy atom. The number of nitrogens with zero attached hydrogens (tertiary/aromatic N) is 1. The van der Waals surface area contributed by atoms with Crippen molar-refractivity contribution in [3.05, 3.63) is 24.3 Å². The standard InChI is InChI=1S/C18H27N3O3/c1-23-16-6-4-14(5-7-16)19-18(22)20-15-8-10-21(11-9-15)13-17-3-2-12-24-17/h4-7,15,17H,2-3,8-13H2,1H3,(H2,19,20,22)/t17-/m1/s1. The summed E-state index contributed by atoms with van der Waals surface area (Å²) in [6, 6.07) is 7.44. The fourth-order valence-corrected chi connectivity index (χ4v) is 3.36. The summed E-state index contributed by atoms with van der Waals surface area (Å²) in [5, 5.41) is 5.94. The maximum Gasteiger partial charge on any atom is 0.319 e. The van der Waals surface area contributed by atoms with Gasteiger partial charge in [-0.3, -0.25) is 0 Å². The predicted molar refractivity (Wildman–Crippen MR) is 93.6 cm³/mol. The molecule has 24 heavy (non-hydrogen) atoms. The summed E-state index contributed by atoms with van der Waals surface area (Å²) in [6.07, 6.45) is 4.76. The molecule has 2 aliphatic rings. The van der Waals surface area contributed by atoms with Gasteiger partial charge in [0.2, 0.25) is 0 Å². The van der Waals surface area contributed by atoms with E-state index in [9.17, 15) is 4.79 Å². The fourth-order valence-electron chi connectivity index (χ4n) is 3.36. The number of ether oxygens (including phenoxy) is 2. The number of rotatable bonds is 5. The summed E-state index contributed by atoms with van der Waals surface area (Å²) in [5.74, 6) is 0.777. The average Bonchev–Trinajstić information content (AvgIpc) is 3.10. The molecule has 132 valence electrons. The van der Waals surface area contributed by atoms with Crippen molar-refractivity contribution in [2.45, 2.75) is 37.8 Å². The van der Waals surface area contributed by atoms with Gasteiger partial charge in [-0.15, -0.1) is 0 Å². The van der Waals surface area contributed by atoms with Crippen LogP contribution in [0.1, 0.15) is 25.7 Å². The number of amides is 2. The monoisotopic (exact) mass is 333 g/mol. The Morgan fingerprint density at radius 2 is 2.00 bits per heavy atom. The molecular weight excluding hydrogens is 306 g/mol. The van der Waals surface area contributed by atoms with Gasteiger partial charge in [-0.05, 0) is 49.9 Å². The number of carbonyl (C=O) groups excluding carboxylic acids is 1. The number of carbonyl (C=O) groups is 1. The van der Waals surface area contributed by atoms with Crippen LogP contribution in [-0.2, 0) is 4.74 Å². The minimum atomic E-state index is -0.141. The van der Waals surface area contributed by atoms with Gasteiger partial charge in [0.15, 0.2) is 0 Å². The molecule has 2 amide bonds. The summed E-state index contributed by atoms with van der Waals surface area (Å²) in [7, 11) is 1.63. The molecule has 2 heterocycles. The van der Waals surface area contributed by atoms with Crippen molar-refractivity contribution >= 4 is 11.7 Å². The van der Waals surface area contributed by atoms with Gasteiger partial charge >= 0.3 is 6.03 Å². The van der Waals surface area contributed by atoms with Crippen molar-refractivity contribution in [1.29, 1.82) is 0 Å². The molecule has 2 aliphatic heterocycles. The first-order valence-electron chi connectivity index (χ1n) is 8.78. The Kier molecular flexibility index (Phi) is 5.93. The van der Waals surface area contributed by atoms with Crippen LogP contribution in [0, 0.1) is 0 Å². The summed E-state index contributed by atoms with van der Waals surface area (Å²) < 4.78 is 10.8. The van der Waals surface area contributed by atoms with E-state index in [4.69, 9.17) is 9.47 Å². The molecule has 1 aromatic carbocycles. The zero-order chi connectivity index (χ0) is 16.8. The normalized spacial score (nSPS) is 22.3. The second-order valence-electron chi connectivity index (χ2n) is 6.54. The number of likely N-dealkylation sites (tertiary alicyclic amines) is 1. The predicted octanol–water partition coefficient (Wildman–Crippen LogP) is 2.46. The molecular formula is C18H27N3O3. The molecule has 0 aliphatic carbocycles. The van der Waals surface area contributed by atoms with Gasteiger partial charge in [0.25, 0.3) is 0 Å². The highest BCUT2D eigenvalue weighted by molar-refractivity contribution is 5.89. The second kappa shape index (κ2) is 8.35. The van der Waals surface area contributed by atoms with E-state index in [1.54, 1.807) is 7.11 Å². The van der Waals surface area contributed by atoms with Gasteiger partial charge in [0.05, 0.1) is 13.2 Å². The zero-order valence-corrected chi connectivity index (χ0v) is 14.3. The highest BCUT2D eigenvalue weighted by Crippen LogP contribution is 2.18. The molecule has 0 radical (unpaired) electrons. The van der Waals surface area contributed by atoms with E-state index in [0.717, 1.165) is 50.5 Å². The van der Waals surface area contributed by atoms with Crippen LogP contribution in [0.4, 0.5) is 10.5 Å². The van der Waals surface area contributed by atoms with Crippen molar-refractivity contribution in [2.24, 2.45) is 0 Å². The maximum atomic E-state index is 12.1. The molecule has 1 aromatic rings. The molecule has 6 nitrogen and oxygen atoms in total. The van der Waals surface area contributed by atoms with Crippen LogP contribution in [0.3, 0.4) is 0 Å². The fraction of sp³-hybridized carbons (Fsp3) is 0.611. The first-order valence-corrected chi connectivity index (χ1v) is 8.78. The molecule has 0 aromatic heterocycles. The Morgan fingerprint density at radius 1 is 1.25 bits per heavy atom. The number of piperidine rings is 1. The molecule has 3 rings (SSSR count). The van der Waals surface area contributed by atoms with Crippen LogP contribution >= 0.6 is 0 Å². The summed E-state index contributed by atoms with van der Waals surface area (Å²) in [5.41, 5.74) is 0.768. The number of urea groups is 1. The van der Waals surface area contributed by atoms with E-state index >= 15 is 0 Å². The third-order valence-corrected chi connectivity index (χ3v) is 4.76. The molecule has 0 unspecified atom stereocenters. The smallest absolute Gasteiger partial charge is 0.319 e. The van der Waals surface area contributed by atoms with Gasteiger partial charge in [-0.25, -0.2) is 4.79 Å². The Hall–Kier alpha value is -1.79. The van der Waals surface area contributed by atoms with E-state index in [1.165, 1.54) is 12.8 Å². The van der Waals surface area contributed by atoms with Crippen LogP contribution in [0.2, 0.25) is 0 Å². The number of nitrogens with one attached hydrogen (secondary N) is 2. The van der Waals surface area contributed by atoms with Gasteiger partial charge in [0, 0.05) is 38.0 Å². The lowest BCUT2D eigenvalue weighted by molar-refractivity contribution is 0.0633. The lowest BCUT2D eigenvalue weighted by Gasteiger charge is -2.33. The summed E-state index contributed by atoms with van der Waals surface area (Å²) in [4.78, 5) is 14.6. The van der Waals surface area contributed by atoms with Crippen molar-refractivity contribution in [3.8, 4) is 5.75 Å². The maximum absolute atomic E-state index is 12.1. The third-order valence-electron chi connectivity index (χ3n) is 4.76. The quantitative estimate of drug-likeness (QED) is 0.869.